The molecule has 1 spiro atoms. The number of benzene rings is 2. The van der Waals surface area contributed by atoms with Gasteiger partial charge in [-0.1, -0.05) is 55.9 Å². The van der Waals surface area contributed by atoms with E-state index >= 15 is 0 Å². The third-order valence-corrected chi connectivity index (χ3v) is 6.50. The second-order valence-electron chi connectivity index (χ2n) is 8.65. The fraction of sp³-hybridized carbons (Fsp3) is 0.417. The molecule has 0 aliphatic carbocycles. The lowest BCUT2D eigenvalue weighted by atomic mass is 9.89. The molecule has 0 atom stereocenters. The van der Waals surface area contributed by atoms with Crippen LogP contribution >= 0.6 is 11.8 Å². The summed E-state index contributed by atoms with van der Waals surface area (Å²) in [6.45, 7) is 6.69. The summed E-state index contributed by atoms with van der Waals surface area (Å²) in [4.78, 5) is 24.3. The average molecular weight is 459 g/mol. The highest BCUT2D eigenvalue weighted by Gasteiger charge is 2.49. The SMILES string of the molecule is CC(=O)OCCOc1c(CC(=O)O)ccc2c1Sc1ccccc1C21OCC(C)(C)CO1. The highest BCUT2D eigenvalue weighted by atomic mass is 32.2. The Morgan fingerprint density at radius 2 is 1.78 bits per heavy atom. The summed E-state index contributed by atoms with van der Waals surface area (Å²) in [5, 5.41) is 9.42. The van der Waals surface area contributed by atoms with Crippen LogP contribution in [0, 0.1) is 5.41 Å². The minimum Gasteiger partial charge on any atom is -0.489 e. The van der Waals surface area contributed by atoms with E-state index in [0.717, 1.165) is 20.9 Å². The Kier molecular flexibility index (Phi) is 6.20. The van der Waals surface area contributed by atoms with Gasteiger partial charge in [-0.3, -0.25) is 9.59 Å². The molecule has 2 aliphatic rings. The van der Waals surface area contributed by atoms with Crippen molar-refractivity contribution in [3.63, 3.8) is 0 Å². The fourth-order valence-corrected chi connectivity index (χ4v) is 5.10. The predicted molar refractivity (Wildman–Crippen MR) is 117 cm³/mol. The predicted octanol–water partition coefficient (Wildman–Crippen LogP) is 3.99. The lowest BCUT2D eigenvalue weighted by Gasteiger charge is -2.46. The number of carbonyl (C=O) groups excluding carboxylic acids is 1. The molecule has 0 unspecified atom stereocenters. The van der Waals surface area contributed by atoms with Crippen molar-refractivity contribution >= 4 is 23.7 Å². The maximum Gasteiger partial charge on any atom is 0.307 e. The standard InChI is InChI=1S/C24H26O7S/c1-15(25)28-10-11-29-21-16(12-20(26)27)8-9-18-22(21)32-19-7-5-4-6-17(19)24(18)30-13-23(2,3)14-31-24/h4-9H,10-14H2,1-3H3,(H,26,27). The number of carboxylic acid groups (broad SMARTS) is 1. The van der Waals surface area contributed by atoms with Crippen LogP contribution in [0.1, 0.15) is 37.5 Å². The Hall–Kier alpha value is -2.55. The zero-order chi connectivity index (χ0) is 22.9. The number of esters is 1. The van der Waals surface area contributed by atoms with Crippen LogP contribution < -0.4 is 4.74 Å². The van der Waals surface area contributed by atoms with Crippen molar-refractivity contribution in [1.82, 2.24) is 0 Å². The van der Waals surface area contributed by atoms with Crippen LogP contribution in [0.5, 0.6) is 5.75 Å². The van der Waals surface area contributed by atoms with Gasteiger partial charge in [-0.2, -0.15) is 0 Å². The summed E-state index contributed by atoms with van der Waals surface area (Å²) in [7, 11) is 0. The highest BCUT2D eigenvalue weighted by Crippen LogP contribution is 2.56. The van der Waals surface area contributed by atoms with Gasteiger partial charge in [0, 0.05) is 33.9 Å². The van der Waals surface area contributed by atoms with Crippen molar-refractivity contribution in [2.75, 3.05) is 26.4 Å². The first-order chi connectivity index (χ1) is 15.2. The summed E-state index contributed by atoms with van der Waals surface area (Å²) in [5.41, 5.74) is 2.12. The molecule has 2 aromatic carbocycles. The Balaban J connectivity index is 1.80. The Bertz CT molecular complexity index is 1040. The lowest BCUT2D eigenvalue weighted by Crippen LogP contribution is -2.47. The van der Waals surface area contributed by atoms with Crippen molar-refractivity contribution in [2.45, 2.75) is 42.8 Å². The number of fused-ring (bicyclic) bond motifs is 4. The molecule has 1 N–H and O–H groups in total. The van der Waals surface area contributed by atoms with Crippen LogP contribution in [0.3, 0.4) is 0 Å². The molecule has 0 aromatic heterocycles. The van der Waals surface area contributed by atoms with Gasteiger partial charge >= 0.3 is 11.9 Å². The van der Waals surface area contributed by atoms with Crippen LogP contribution in [0.4, 0.5) is 0 Å². The molecule has 8 heteroatoms. The first-order valence-electron chi connectivity index (χ1n) is 10.4. The average Bonchev–Trinajstić information content (AvgIpc) is 2.73. The number of hydrogen-bond donors (Lipinski definition) is 1. The Morgan fingerprint density at radius 3 is 2.47 bits per heavy atom. The summed E-state index contributed by atoms with van der Waals surface area (Å²) < 4.78 is 23.8. The summed E-state index contributed by atoms with van der Waals surface area (Å²) in [6, 6.07) is 11.5. The van der Waals surface area contributed by atoms with Gasteiger partial charge in [0.25, 0.3) is 0 Å². The molecule has 1 fully saturated rings. The van der Waals surface area contributed by atoms with Crippen molar-refractivity contribution < 1.29 is 33.6 Å². The maximum absolute atomic E-state index is 11.5. The number of rotatable bonds is 6. The summed E-state index contributed by atoms with van der Waals surface area (Å²) in [5.74, 6) is -2.00. The first kappa shape index (κ1) is 22.6. The molecule has 4 rings (SSSR count). The normalized spacial score (nSPS) is 17.8. The first-order valence-corrected chi connectivity index (χ1v) is 11.2. The third kappa shape index (κ3) is 4.35. The van der Waals surface area contributed by atoms with Gasteiger partial charge in [-0.15, -0.1) is 0 Å². The van der Waals surface area contributed by atoms with E-state index in [2.05, 4.69) is 13.8 Å². The van der Waals surface area contributed by atoms with E-state index in [-0.39, 0.29) is 25.0 Å². The lowest BCUT2D eigenvalue weighted by molar-refractivity contribution is -0.287. The highest BCUT2D eigenvalue weighted by molar-refractivity contribution is 7.99. The maximum atomic E-state index is 11.5. The molecule has 0 saturated carbocycles. The zero-order valence-corrected chi connectivity index (χ0v) is 19.1. The molecular formula is C24H26O7S. The van der Waals surface area contributed by atoms with Gasteiger partial charge in [0.15, 0.2) is 0 Å². The Morgan fingerprint density at radius 1 is 1.06 bits per heavy atom. The van der Waals surface area contributed by atoms with E-state index in [1.54, 1.807) is 6.07 Å². The minimum atomic E-state index is -1.09. The van der Waals surface area contributed by atoms with Crippen molar-refractivity contribution in [2.24, 2.45) is 5.41 Å². The van der Waals surface area contributed by atoms with E-state index in [1.807, 2.05) is 30.3 Å². The number of carbonyl (C=O) groups is 2. The minimum absolute atomic E-state index is 0.0685. The van der Waals surface area contributed by atoms with Crippen molar-refractivity contribution in [1.29, 1.82) is 0 Å². The second kappa shape index (κ2) is 8.77. The monoisotopic (exact) mass is 458 g/mol. The smallest absolute Gasteiger partial charge is 0.307 e. The van der Waals surface area contributed by atoms with Gasteiger partial charge in [0.2, 0.25) is 5.79 Å². The topological polar surface area (TPSA) is 91.3 Å². The molecule has 170 valence electrons. The van der Waals surface area contributed by atoms with E-state index in [4.69, 9.17) is 18.9 Å². The van der Waals surface area contributed by atoms with Crippen LogP contribution in [0.15, 0.2) is 46.2 Å². The van der Waals surface area contributed by atoms with Crippen LogP contribution in [-0.4, -0.2) is 43.5 Å². The van der Waals surface area contributed by atoms with Gasteiger partial charge in [0.1, 0.15) is 19.0 Å². The molecule has 32 heavy (non-hydrogen) atoms. The molecule has 7 nitrogen and oxygen atoms in total. The molecule has 2 heterocycles. The van der Waals surface area contributed by atoms with Gasteiger partial charge in [0.05, 0.1) is 24.5 Å². The number of carboxylic acids is 1. The molecule has 2 aliphatic heterocycles. The van der Waals surface area contributed by atoms with E-state index in [9.17, 15) is 14.7 Å². The van der Waals surface area contributed by atoms with Gasteiger partial charge in [-0.05, 0) is 6.07 Å². The molecule has 1 saturated heterocycles. The van der Waals surface area contributed by atoms with Crippen LogP contribution in [0.25, 0.3) is 0 Å². The van der Waals surface area contributed by atoms with Crippen molar-refractivity contribution in [3.05, 3.63) is 53.1 Å². The molecular weight excluding hydrogens is 432 g/mol. The van der Waals surface area contributed by atoms with Crippen LogP contribution in [0.2, 0.25) is 0 Å². The van der Waals surface area contributed by atoms with Crippen LogP contribution in [-0.2, 0) is 36.0 Å². The third-order valence-electron chi connectivity index (χ3n) is 5.31. The molecule has 0 amide bonds. The van der Waals surface area contributed by atoms with Gasteiger partial charge in [-0.25, -0.2) is 0 Å². The van der Waals surface area contributed by atoms with E-state index in [0.29, 0.717) is 24.5 Å². The Labute approximate surface area is 191 Å². The summed E-state index contributed by atoms with van der Waals surface area (Å²) in [6.07, 6.45) is -0.194. The quantitative estimate of drug-likeness (QED) is 0.513. The van der Waals surface area contributed by atoms with Crippen molar-refractivity contribution in [3.8, 4) is 5.75 Å². The zero-order valence-electron chi connectivity index (χ0n) is 18.3. The molecule has 0 bridgehead atoms. The number of ether oxygens (including phenoxy) is 4. The number of aliphatic carboxylic acids is 1. The van der Waals surface area contributed by atoms with E-state index in [1.165, 1.54) is 18.7 Å². The van der Waals surface area contributed by atoms with E-state index < -0.39 is 17.7 Å². The largest absolute Gasteiger partial charge is 0.489 e. The summed E-state index contributed by atoms with van der Waals surface area (Å²) >= 11 is 1.50. The molecule has 0 radical (unpaired) electrons. The number of hydrogen-bond acceptors (Lipinski definition) is 7. The fourth-order valence-electron chi connectivity index (χ4n) is 3.82. The molecule has 2 aromatic rings. The second-order valence-corrected chi connectivity index (χ2v) is 9.70. The van der Waals surface area contributed by atoms with Gasteiger partial charge < -0.3 is 24.1 Å².